The van der Waals surface area contributed by atoms with Crippen LogP contribution in [0.15, 0.2) is 70.5 Å². The van der Waals surface area contributed by atoms with Gasteiger partial charge in [0.25, 0.3) is 15.9 Å². The number of hydrogen-bond acceptors (Lipinski definition) is 7. The van der Waals surface area contributed by atoms with E-state index < -0.39 is 26.8 Å². The summed E-state index contributed by atoms with van der Waals surface area (Å²) in [5, 5.41) is 5.70. The molecule has 1 fully saturated rings. The fourth-order valence-corrected chi connectivity index (χ4v) is 6.12. The topological polar surface area (TPSA) is 117 Å². The van der Waals surface area contributed by atoms with Gasteiger partial charge in [0.2, 0.25) is 0 Å². The van der Waals surface area contributed by atoms with Crippen molar-refractivity contribution in [3.8, 4) is 0 Å². The van der Waals surface area contributed by atoms with Crippen LogP contribution in [0.4, 0.5) is 26.0 Å². The molecule has 1 amide bonds. The highest BCUT2D eigenvalue weighted by molar-refractivity contribution is 7.92. The first-order valence-corrected chi connectivity index (χ1v) is 14.2. The number of likely N-dealkylation sites (tertiary alicyclic amines) is 1. The second-order valence-electron chi connectivity index (χ2n) is 9.36. The maximum Gasteiger partial charge on any atom is 0.282 e. The Kier molecular flexibility index (Phi) is 7.72. The normalized spacial score (nSPS) is 14.2. The largest absolute Gasteiger partial charge is 0.363 e. The minimum Gasteiger partial charge on any atom is -0.363 e. The van der Waals surface area contributed by atoms with Crippen LogP contribution in [0.2, 0.25) is 5.02 Å². The summed E-state index contributed by atoms with van der Waals surface area (Å²) in [5.41, 5.74) is 2.00. The van der Waals surface area contributed by atoms with E-state index >= 15 is 0 Å². The predicted molar refractivity (Wildman–Crippen MR) is 145 cm³/mol. The lowest BCUT2D eigenvalue weighted by Gasteiger charge is -2.33. The van der Waals surface area contributed by atoms with Crippen molar-refractivity contribution in [2.45, 2.75) is 30.7 Å². The van der Waals surface area contributed by atoms with Crippen LogP contribution in [-0.2, 0) is 10.0 Å². The second-order valence-corrected chi connectivity index (χ2v) is 11.3. The number of hydrogen-bond donors (Lipinski definition) is 2. The van der Waals surface area contributed by atoms with Gasteiger partial charge in [0.1, 0.15) is 22.9 Å². The van der Waals surface area contributed by atoms with Crippen molar-refractivity contribution >= 4 is 44.7 Å². The molecule has 1 aliphatic heterocycles. The van der Waals surface area contributed by atoms with Crippen LogP contribution in [0.1, 0.15) is 40.2 Å². The van der Waals surface area contributed by atoms with Gasteiger partial charge in [-0.05, 0) is 67.1 Å². The van der Waals surface area contributed by atoms with Crippen molar-refractivity contribution in [3.05, 3.63) is 94.3 Å². The highest BCUT2D eigenvalue weighted by Gasteiger charge is 2.31. The third-order valence-corrected chi connectivity index (χ3v) is 8.50. The predicted octanol–water partition coefficient (Wildman–Crippen LogP) is 5.87. The highest BCUT2D eigenvalue weighted by Crippen LogP contribution is 2.37. The van der Waals surface area contributed by atoms with Gasteiger partial charge < -0.3 is 14.7 Å². The Bertz CT molecular complexity index is 1640. The average molecular weight is 588 g/mol. The summed E-state index contributed by atoms with van der Waals surface area (Å²) in [6.45, 7) is 2.49. The molecule has 1 saturated heterocycles. The number of carbonyl (C=O) groups excluding carboxylic acids is 1. The number of carbonyl (C=O) groups is 1. The van der Waals surface area contributed by atoms with Gasteiger partial charge >= 0.3 is 0 Å². The van der Waals surface area contributed by atoms with E-state index in [2.05, 4.69) is 24.7 Å². The summed E-state index contributed by atoms with van der Waals surface area (Å²) in [5.74, 6) is -1.07. The maximum atomic E-state index is 13.7. The van der Waals surface area contributed by atoms with Gasteiger partial charge in [0.15, 0.2) is 10.8 Å². The molecule has 2 aromatic carbocycles. The Balaban J connectivity index is 1.46. The van der Waals surface area contributed by atoms with Gasteiger partial charge in [-0.1, -0.05) is 28.9 Å². The molecular formula is C27H24ClF2N5O4S. The van der Waals surface area contributed by atoms with E-state index in [9.17, 15) is 22.0 Å². The second kappa shape index (κ2) is 11.2. The number of rotatable bonds is 7. The summed E-state index contributed by atoms with van der Waals surface area (Å²) in [6, 6.07) is 11.6. The zero-order chi connectivity index (χ0) is 28.4. The first-order valence-electron chi connectivity index (χ1n) is 12.3. The molecule has 0 saturated carbocycles. The van der Waals surface area contributed by atoms with Crippen LogP contribution in [-0.4, -0.2) is 42.5 Å². The zero-order valence-corrected chi connectivity index (χ0v) is 22.8. The number of anilines is 3. The van der Waals surface area contributed by atoms with E-state index in [4.69, 9.17) is 11.6 Å². The van der Waals surface area contributed by atoms with Crippen molar-refractivity contribution < 1.29 is 26.5 Å². The number of aryl methyl sites for hydroxylation is 1. The molecule has 2 aromatic heterocycles. The average Bonchev–Trinajstić information content (AvgIpc) is 3.43. The SMILES string of the molecule is Cc1cc(F)ccc1Nc1c(C(=O)N2CCC(c3ccc(F)cc3)CC2)cnc(S(=O)(=O)Nc2ccon2)c1Cl. The summed E-state index contributed by atoms with van der Waals surface area (Å²) in [7, 11) is -4.32. The molecule has 2 N–H and O–H groups in total. The van der Waals surface area contributed by atoms with Crippen LogP contribution >= 0.6 is 11.6 Å². The first-order chi connectivity index (χ1) is 19.1. The summed E-state index contributed by atoms with van der Waals surface area (Å²) < 4.78 is 60.1. The minimum atomic E-state index is -4.32. The third-order valence-electron chi connectivity index (χ3n) is 6.72. The Morgan fingerprint density at radius 3 is 2.42 bits per heavy atom. The molecule has 13 heteroatoms. The number of benzene rings is 2. The van der Waals surface area contributed by atoms with Gasteiger partial charge in [-0.2, -0.15) is 8.42 Å². The first kappa shape index (κ1) is 27.5. The number of pyridine rings is 1. The smallest absolute Gasteiger partial charge is 0.282 e. The number of nitrogens with zero attached hydrogens (tertiary/aromatic N) is 3. The molecule has 0 aliphatic carbocycles. The molecule has 0 unspecified atom stereocenters. The summed E-state index contributed by atoms with van der Waals surface area (Å²) in [4.78, 5) is 19.4. The van der Waals surface area contributed by atoms with Gasteiger partial charge in [-0.3, -0.25) is 9.52 Å². The van der Waals surface area contributed by atoms with Crippen LogP contribution in [0.5, 0.6) is 0 Å². The van der Waals surface area contributed by atoms with E-state index in [1.807, 2.05) is 0 Å². The van der Waals surface area contributed by atoms with Crippen LogP contribution in [0.3, 0.4) is 0 Å². The Hall–Kier alpha value is -4.03. The third kappa shape index (κ3) is 5.77. The number of aromatic nitrogens is 2. The van der Waals surface area contributed by atoms with E-state index in [0.717, 1.165) is 11.8 Å². The number of amides is 1. The number of nitrogens with one attached hydrogen (secondary N) is 2. The molecular weight excluding hydrogens is 564 g/mol. The fraction of sp³-hybridized carbons (Fsp3) is 0.222. The Labute approximate surface area is 234 Å². The van der Waals surface area contributed by atoms with Crippen molar-refractivity contribution in [2.75, 3.05) is 23.1 Å². The van der Waals surface area contributed by atoms with E-state index in [0.29, 0.717) is 37.2 Å². The maximum absolute atomic E-state index is 13.7. The van der Waals surface area contributed by atoms with Gasteiger partial charge in [-0.15, -0.1) is 0 Å². The quantitative estimate of drug-likeness (QED) is 0.277. The van der Waals surface area contributed by atoms with Crippen LogP contribution in [0.25, 0.3) is 0 Å². The number of piperidine rings is 1. The number of halogens is 3. The van der Waals surface area contributed by atoms with Gasteiger partial charge in [0.05, 0.1) is 11.3 Å². The van der Waals surface area contributed by atoms with Gasteiger partial charge in [-0.25, -0.2) is 13.8 Å². The molecule has 40 heavy (non-hydrogen) atoms. The lowest BCUT2D eigenvalue weighted by molar-refractivity contribution is 0.0713. The van der Waals surface area contributed by atoms with Crippen LogP contribution in [0, 0.1) is 18.6 Å². The molecule has 5 rings (SSSR count). The lowest BCUT2D eigenvalue weighted by atomic mass is 9.89. The standard InChI is InChI=1S/C27H24ClF2N5O4S/c1-16-14-20(30)6-7-22(16)32-25-21(15-31-26(24(25)28)40(37,38)34-23-10-13-39-33-23)27(36)35-11-8-18(9-12-35)17-2-4-19(29)5-3-17/h2-7,10,13-15,18H,8-9,11-12H2,1H3,(H,31,32)(H,33,34). The monoisotopic (exact) mass is 587 g/mol. The van der Waals surface area contributed by atoms with Crippen molar-refractivity contribution in [1.82, 2.24) is 15.0 Å². The van der Waals surface area contributed by atoms with Crippen LogP contribution < -0.4 is 10.0 Å². The molecule has 3 heterocycles. The number of sulfonamides is 1. The molecule has 9 nitrogen and oxygen atoms in total. The van der Waals surface area contributed by atoms with E-state index in [1.54, 1.807) is 24.0 Å². The van der Waals surface area contributed by atoms with Gasteiger partial charge in [0, 0.05) is 31.0 Å². The van der Waals surface area contributed by atoms with Crippen molar-refractivity contribution in [1.29, 1.82) is 0 Å². The van der Waals surface area contributed by atoms with Crippen molar-refractivity contribution in [3.63, 3.8) is 0 Å². The Morgan fingerprint density at radius 1 is 1.07 bits per heavy atom. The van der Waals surface area contributed by atoms with E-state index in [-0.39, 0.29) is 33.8 Å². The molecule has 1 aliphatic rings. The Morgan fingerprint density at radius 2 is 1.77 bits per heavy atom. The summed E-state index contributed by atoms with van der Waals surface area (Å²) in [6.07, 6.45) is 3.66. The zero-order valence-electron chi connectivity index (χ0n) is 21.2. The highest BCUT2D eigenvalue weighted by atomic mass is 35.5. The molecule has 0 atom stereocenters. The van der Waals surface area contributed by atoms with E-state index in [1.165, 1.54) is 42.7 Å². The molecule has 0 spiro atoms. The summed E-state index contributed by atoms with van der Waals surface area (Å²) >= 11 is 6.61. The molecule has 0 radical (unpaired) electrons. The molecule has 0 bridgehead atoms. The lowest BCUT2D eigenvalue weighted by Crippen LogP contribution is -2.38. The minimum absolute atomic E-state index is 0.0116. The fourth-order valence-electron chi connectivity index (χ4n) is 4.62. The van der Waals surface area contributed by atoms with Crippen molar-refractivity contribution in [2.24, 2.45) is 0 Å². The molecule has 4 aromatic rings. The molecule has 208 valence electrons.